The minimum absolute atomic E-state index is 0.273. The second kappa shape index (κ2) is 7.71. The fourth-order valence-electron chi connectivity index (χ4n) is 3.00. The number of carbonyl (C=O) groups excluding carboxylic acids is 1. The molecule has 6 heteroatoms. The quantitative estimate of drug-likeness (QED) is 0.833. The zero-order chi connectivity index (χ0) is 16.9. The van der Waals surface area contributed by atoms with Crippen LogP contribution in [0.25, 0.3) is 5.69 Å². The maximum atomic E-state index is 12.1. The van der Waals surface area contributed by atoms with Crippen molar-refractivity contribution >= 4 is 23.5 Å². The molecule has 0 atom stereocenters. The highest BCUT2D eigenvalue weighted by Gasteiger charge is 2.23. The van der Waals surface area contributed by atoms with Crippen molar-refractivity contribution < 1.29 is 4.79 Å². The number of halogens is 1. The Morgan fingerprint density at radius 3 is 2.75 bits per heavy atom. The predicted octanol–water partition coefficient (Wildman–Crippen LogP) is 3.36. The number of nitrogens with zero attached hydrogens (tertiary/aromatic N) is 4. The van der Waals surface area contributed by atoms with E-state index in [2.05, 4.69) is 16.8 Å². The maximum absolute atomic E-state index is 12.1. The fourth-order valence-corrected chi connectivity index (χ4v) is 3.18. The van der Waals surface area contributed by atoms with E-state index < -0.39 is 0 Å². The number of hydrogen-bond acceptors (Lipinski definition) is 3. The van der Waals surface area contributed by atoms with Crippen LogP contribution < -0.4 is 4.90 Å². The van der Waals surface area contributed by atoms with Gasteiger partial charge in [0.05, 0.1) is 0 Å². The van der Waals surface area contributed by atoms with E-state index in [0.29, 0.717) is 11.4 Å². The molecule has 0 spiro atoms. The van der Waals surface area contributed by atoms with Gasteiger partial charge in [0.2, 0.25) is 11.9 Å². The van der Waals surface area contributed by atoms with Gasteiger partial charge in [-0.05, 0) is 24.6 Å². The van der Waals surface area contributed by atoms with Gasteiger partial charge in [-0.1, -0.05) is 31.0 Å². The summed E-state index contributed by atoms with van der Waals surface area (Å²) < 4.78 is 2.04. The fraction of sp³-hybridized carbons (Fsp3) is 0.444. The average Bonchev–Trinajstić information content (AvgIpc) is 3.09. The summed E-state index contributed by atoms with van der Waals surface area (Å²) in [7, 11) is 0. The van der Waals surface area contributed by atoms with E-state index in [1.807, 2.05) is 39.9 Å². The van der Waals surface area contributed by atoms with Crippen molar-refractivity contribution in [2.75, 3.05) is 31.1 Å². The minimum Gasteiger partial charge on any atom is -0.339 e. The first-order valence-electron chi connectivity index (χ1n) is 8.51. The van der Waals surface area contributed by atoms with Crippen LogP contribution >= 0.6 is 11.6 Å². The number of piperazine rings is 1. The van der Waals surface area contributed by atoms with E-state index in [1.165, 1.54) is 0 Å². The van der Waals surface area contributed by atoms with Gasteiger partial charge in [0.25, 0.3) is 0 Å². The number of amides is 1. The molecular weight excluding hydrogens is 324 g/mol. The van der Waals surface area contributed by atoms with Crippen molar-refractivity contribution in [1.82, 2.24) is 14.5 Å². The number of anilines is 1. The summed E-state index contributed by atoms with van der Waals surface area (Å²) in [5.74, 6) is 1.17. The first kappa shape index (κ1) is 16.8. The third-order valence-corrected chi connectivity index (χ3v) is 4.60. The molecule has 1 aliphatic heterocycles. The number of unbranched alkanes of at least 4 members (excludes halogenated alkanes) is 1. The molecule has 1 aromatic heterocycles. The molecule has 2 aromatic rings. The lowest BCUT2D eigenvalue weighted by Crippen LogP contribution is -2.49. The minimum atomic E-state index is 0.273. The molecule has 0 N–H and O–H groups in total. The first-order chi connectivity index (χ1) is 11.7. The second-order valence-electron chi connectivity index (χ2n) is 6.05. The molecule has 2 heterocycles. The van der Waals surface area contributed by atoms with Crippen LogP contribution in [0.2, 0.25) is 5.02 Å². The Hall–Kier alpha value is -2.01. The molecule has 1 amide bonds. The van der Waals surface area contributed by atoms with Crippen LogP contribution in [-0.2, 0) is 4.79 Å². The van der Waals surface area contributed by atoms with Crippen LogP contribution in [0.5, 0.6) is 0 Å². The second-order valence-corrected chi connectivity index (χ2v) is 6.48. The summed E-state index contributed by atoms with van der Waals surface area (Å²) in [6, 6.07) is 7.74. The SMILES string of the molecule is CCCCC(=O)N1CCN(c2nccn2-c2cccc(Cl)c2)CC1. The zero-order valence-corrected chi connectivity index (χ0v) is 14.7. The third kappa shape index (κ3) is 3.73. The van der Waals surface area contributed by atoms with Crippen molar-refractivity contribution in [3.05, 3.63) is 41.7 Å². The molecule has 0 bridgehead atoms. The lowest BCUT2D eigenvalue weighted by molar-refractivity contribution is -0.131. The molecule has 5 nitrogen and oxygen atoms in total. The van der Waals surface area contributed by atoms with E-state index in [-0.39, 0.29) is 5.91 Å². The molecule has 1 aliphatic rings. The highest BCUT2D eigenvalue weighted by atomic mass is 35.5. The molecular formula is C18H23ClN4O. The normalized spacial score (nSPS) is 14.9. The number of carbonyl (C=O) groups is 1. The van der Waals surface area contributed by atoms with E-state index in [0.717, 1.165) is 50.7 Å². The van der Waals surface area contributed by atoms with Gasteiger partial charge in [0.15, 0.2) is 0 Å². The highest BCUT2D eigenvalue weighted by Crippen LogP contribution is 2.22. The maximum Gasteiger partial charge on any atom is 0.222 e. The lowest BCUT2D eigenvalue weighted by Gasteiger charge is -2.35. The smallest absolute Gasteiger partial charge is 0.222 e. The summed E-state index contributed by atoms with van der Waals surface area (Å²) >= 11 is 6.10. The van der Waals surface area contributed by atoms with Crippen LogP contribution in [0.4, 0.5) is 5.95 Å². The summed E-state index contributed by atoms with van der Waals surface area (Å²) in [5, 5.41) is 0.707. The largest absolute Gasteiger partial charge is 0.339 e. The van der Waals surface area contributed by atoms with Crippen molar-refractivity contribution in [3.8, 4) is 5.69 Å². The Balaban J connectivity index is 1.68. The standard InChI is InChI=1S/C18H23ClN4O/c1-2-3-7-17(24)21-10-12-22(13-11-21)18-20-8-9-23(18)16-6-4-5-15(19)14-16/h4-6,8-9,14H,2-3,7,10-13H2,1H3. The van der Waals surface area contributed by atoms with Gasteiger partial charge in [-0.15, -0.1) is 0 Å². The van der Waals surface area contributed by atoms with Gasteiger partial charge in [-0.3, -0.25) is 9.36 Å². The van der Waals surface area contributed by atoms with Crippen LogP contribution in [0.3, 0.4) is 0 Å². The average molecular weight is 347 g/mol. The third-order valence-electron chi connectivity index (χ3n) is 4.37. The Morgan fingerprint density at radius 1 is 1.25 bits per heavy atom. The van der Waals surface area contributed by atoms with Crippen molar-refractivity contribution in [2.24, 2.45) is 0 Å². The zero-order valence-electron chi connectivity index (χ0n) is 14.0. The Morgan fingerprint density at radius 2 is 2.04 bits per heavy atom. The van der Waals surface area contributed by atoms with Crippen LogP contribution in [0.15, 0.2) is 36.7 Å². The van der Waals surface area contributed by atoms with Crippen molar-refractivity contribution in [2.45, 2.75) is 26.2 Å². The van der Waals surface area contributed by atoms with Gasteiger partial charge in [-0.25, -0.2) is 4.98 Å². The van der Waals surface area contributed by atoms with Crippen molar-refractivity contribution in [1.29, 1.82) is 0 Å². The molecule has 0 radical (unpaired) electrons. The Kier molecular flexibility index (Phi) is 5.41. The molecule has 0 saturated carbocycles. The van der Waals surface area contributed by atoms with Crippen LogP contribution in [0, 0.1) is 0 Å². The van der Waals surface area contributed by atoms with Gasteiger partial charge >= 0.3 is 0 Å². The van der Waals surface area contributed by atoms with Gasteiger partial charge in [0.1, 0.15) is 0 Å². The van der Waals surface area contributed by atoms with E-state index in [4.69, 9.17) is 11.6 Å². The van der Waals surface area contributed by atoms with E-state index in [9.17, 15) is 4.79 Å². The predicted molar refractivity (Wildman–Crippen MR) is 96.9 cm³/mol. The van der Waals surface area contributed by atoms with Gasteiger partial charge in [-0.2, -0.15) is 0 Å². The van der Waals surface area contributed by atoms with E-state index >= 15 is 0 Å². The molecule has 1 saturated heterocycles. The first-order valence-corrected chi connectivity index (χ1v) is 8.89. The van der Waals surface area contributed by atoms with Crippen LogP contribution in [0.1, 0.15) is 26.2 Å². The summed E-state index contributed by atoms with van der Waals surface area (Å²) in [4.78, 5) is 20.9. The topological polar surface area (TPSA) is 41.4 Å². The molecule has 128 valence electrons. The number of imidazole rings is 1. The van der Waals surface area contributed by atoms with Gasteiger partial charge in [0, 0.05) is 55.7 Å². The van der Waals surface area contributed by atoms with Crippen LogP contribution in [-0.4, -0.2) is 46.5 Å². The molecule has 24 heavy (non-hydrogen) atoms. The lowest BCUT2D eigenvalue weighted by atomic mass is 10.2. The summed E-state index contributed by atoms with van der Waals surface area (Å²) in [6.07, 6.45) is 6.43. The number of benzene rings is 1. The molecule has 3 rings (SSSR count). The number of hydrogen-bond donors (Lipinski definition) is 0. The van der Waals surface area contributed by atoms with Crippen molar-refractivity contribution in [3.63, 3.8) is 0 Å². The van der Waals surface area contributed by atoms with E-state index in [1.54, 1.807) is 6.20 Å². The Labute approximate surface area is 147 Å². The number of aromatic nitrogens is 2. The highest BCUT2D eigenvalue weighted by molar-refractivity contribution is 6.30. The number of rotatable bonds is 5. The molecule has 1 aromatic carbocycles. The molecule has 1 fully saturated rings. The molecule has 0 aliphatic carbocycles. The van der Waals surface area contributed by atoms with Gasteiger partial charge < -0.3 is 9.80 Å². The molecule has 0 unspecified atom stereocenters. The summed E-state index contributed by atoms with van der Waals surface area (Å²) in [6.45, 7) is 5.22. The Bertz CT molecular complexity index is 692. The monoisotopic (exact) mass is 346 g/mol. The summed E-state index contributed by atoms with van der Waals surface area (Å²) in [5.41, 5.74) is 0.997.